The van der Waals surface area contributed by atoms with Crippen LogP contribution in [0, 0.1) is 6.92 Å². The average Bonchev–Trinajstić information content (AvgIpc) is 1.98. The van der Waals surface area contributed by atoms with Gasteiger partial charge in [0, 0.05) is 13.6 Å². The van der Waals surface area contributed by atoms with Gasteiger partial charge in [-0.2, -0.15) is 5.06 Å². The summed E-state index contributed by atoms with van der Waals surface area (Å²) >= 11 is 5.76. The Morgan fingerprint density at radius 3 is 2.54 bits per heavy atom. The van der Waals surface area contributed by atoms with Gasteiger partial charge in [-0.25, -0.2) is 0 Å². The summed E-state index contributed by atoms with van der Waals surface area (Å²) in [5, 5.41) is 19.7. The maximum absolute atomic E-state index is 9.36. The second-order valence-electron chi connectivity index (χ2n) is 3.06. The zero-order valence-corrected chi connectivity index (χ0v) is 8.34. The Bertz CT molecular complexity index is 289. The van der Waals surface area contributed by atoms with Gasteiger partial charge >= 0.3 is 0 Å². The number of rotatable bonds is 2. The normalized spacial score (nSPS) is 10.8. The van der Waals surface area contributed by atoms with Crippen LogP contribution in [0.1, 0.15) is 11.1 Å². The van der Waals surface area contributed by atoms with Crippen LogP contribution in [0.4, 0.5) is 0 Å². The molecule has 1 aromatic rings. The van der Waals surface area contributed by atoms with Crippen LogP contribution in [0.3, 0.4) is 0 Å². The molecule has 0 amide bonds. The average molecular weight is 202 g/mol. The molecule has 2 N–H and O–H groups in total. The first-order valence-corrected chi connectivity index (χ1v) is 4.26. The Morgan fingerprint density at radius 1 is 1.46 bits per heavy atom. The van der Waals surface area contributed by atoms with E-state index in [-0.39, 0.29) is 5.75 Å². The highest BCUT2D eigenvalue weighted by Crippen LogP contribution is 2.28. The lowest BCUT2D eigenvalue weighted by Crippen LogP contribution is -2.11. The molecule has 4 heteroatoms. The Balaban J connectivity index is 2.99. The van der Waals surface area contributed by atoms with E-state index in [9.17, 15) is 5.11 Å². The van der Waals surface area contributed by atoms with Crippen molar-refractivity contribution in [1.82, 2.24) is 5.06 Å². The number of hydroxylamine groups is 2. The summed E-state index contributed by atoms with van der Waals surface area (Å²) in [7, 11) is 1.54. The van der Waals surface area contributed by atoms with E-state index in [0.29, 0.717) is 11.6 Å². The van der Waals surface area contributed by atoms with Gasteiger partial charge in [-0.1, -0.05) is 17.7 Å². The smallest absolute Gasteiger partial charge is 0.134 e. The summed E-state index contributed by atoms with van der Waals surface area (Å²) in [6, 6.07) is 3.37. The molecule has 0 saturated heterocycles. The van der Waals surface area contributed by atoms with Crippen LogP contribution < -0.4 is 0 Å². The summed E-state index contributed by atoms with van der Waals surface area (Å²) in [6.07, 6.45) is 0. The third-order valence-corrected chi connectivity index (χ3v) is 2.20. The minimum atomic E-state index is 0.0542. The molecule has 0 fully saturated rings. The zero-order valence-electron chi connectivity index (χ0n) is 7.58. The SMILES string of the molecule is Cc1cc(CN(C)O)cc(O)c1Cl. The van der Waals surface area contributed by atoms with Gasteiger partial charge < -0.3 is 10.3 Å². The van der Waals surface area contributed by atoms with E-state index in [1.165, 1.54) is 0 Å². The first-order chi connectivity index (χ1) is 6.00. The molecule has 1 aromatic carbocycles. The largest absolute Gasteiger partial charge is 0.506 e. The van der Waals surface area contributed by atoms with Crippen LogP contribution in [0.2, 0.25) is 5.02 Å². The molecule has 0 unspecified atom stereocenters. The van der Waals surface area contributed by atoms with Crippen molar-refractivity contribution in [3.8, 4) is 5.75 Å². The molecular formula is C9H12ClNO2. The van der Waals surface area contributed by atoms with Crippen LogP contribution in [-0.2, 0) is 6.54 Å². The minimum absolute atomic E-state index is 0.0542. The van der Waals surface area contributed by atoms with Crippen LogP contribution in [0.5, 0.6) is 5.75 Å². The molecule has 0 radical (unpaired) electrons. The summed E-state index contributed by atoms with van der Waals surface area (Å²) in [5.74, 6) is 0.0542. The van der Waals surface area contributed by atoms with Crippen molar-refractivity contribution in [3.63, 3.8) is 0 Å². The van der Waals surface area contributed by atoms with Crippen LogP contribution in [-0.4, -0.2) is 22.4 Å². The Kier molecular flexibility index (Phi) is 3.14. The Morgan fingerprint density at radius 2 is 2.08 bits per heavy atom. The molecule has 0 aromatic heterocycles. The highest BCUT2D eigenvalue weighted by Gasteiger charge is 2.05. The highest BCUT2D eigenvalue weighted by atomic mass is 35.5. The van der Waals surface area contributed by atoms with Gasteiger partial charge in [0.05, 0.1) is 5.02 Å². The lowest BCUT2D eigenvalue weighted by molar-refractivity contribution is -0.0731. The van der Waals surface area contributed by atoms with Gasteiger partial charge in [-0.15, -0.1) is 0 Å². The fraction of sp³-hybridized carbons (Fsp3) is 0.333. The second-order valence-corrected chi connectivity index (χ2v) is 3.44. The van der Waals surface area contributed by atoms with Crippen molar-refractivity contribution in [2.24, 2.45) is 0 Å². The number of aromatic hydroxyl groups is 1. The van der Waals surface area contributed by atoms with Crippen molar-refractivity contribution < 1.29 is 10.3 Å². The van der Waals surface area contributed by atoms with Crippen molar-refractivity contribution in [2.75, 3.05) is 7.05 Å². The van der Waals surface area contributed by atoms with Gasteiger partial charge in [0.2, 0.25) is 0 Å². The molecule has 0 heterocycles. The lowest BCUT2D eigenvalue weighted by Gasteiger charge is -2.10. The molecule has 0 bridgehead atoms. The predicted molar refractivity (Wildman–Crippen MR) is 51.1 cm³/mol. The number of phenols is 1. The Hall–Kier alpha value is -0.770. The van der Waals surface area contributed by atoms with Gasteiger partial charge in [0.15, 0.2) is 0 Å². The molecule has 3 nitrogen and oxygen atoms in total. The van der Waals surface area contributed by atoms with Crippen molar-refractivity contribution in [3.05, 3.63) is 28.3 Å². The maximum atomic E-state index is 9.36. The quantitative estimate of drug-likeness (QED) is 0.721. The zero-order chi connectivity index (χ0) is 10.0. The van der Waals surface area contributed by atoms with E-state index in [2.05, 4.69) is 0 Å². The third kappa shape index (κ3) is 2.59. The monoisotopic (exact) mass is 201 g/mol. The van der Waals surface area contributed by atoms with Crippen LogP contribution in [0.25, 0.3) is 0 Å². The van der Waals surface area contributed by atoms with E-state index >= 15 is 0 Å². The maximum Gasteiger partial charge on any atom is 0.134 e. The second kappa shape index (κ2) is 3.96. The molecule has 0 spiro atoms. The molecule has 72 valence electrons. The standard InChI is InChI=1S/C9H12ClNO2/c1-6-3-7(5-11(2)13)4-8(12)9(6)10/h3-4,12-13H,5H2,1-2H3. The topological polar surface area (TPSA) is 43.7 Å². The summed E-state index contributed by atoms with van der Waals surface area (Å²) < 4.78 is 0. The van der Waals surface area contributed by atoms with E-state index in [4.69, 9.17) is 16.8 Å². The third-order valence-electron chi connectivity index (χ3n) is 1.71. The molecule has 0 saturated carbocycles. The number of nitrogens with zero attached hydrogens (tertiary/aromatic N) is 1. The number of phenolic OH excluding ortho intramolecular Hbond substituents is 1. The summed E-state index contributed by atoms with van der Waals surface area (Å²) in [5.41, 5.74) is 1.63. The number of hydrogen-bond acceptors (Lipinski definition) is 3. The molecule has 0 atom stereocenters. The first-order valence-electron chi connectivity index (χ1n) is 3.88. The number of benzene rings is 1. The van der Waals surface area contributed by atoms with Crippen molar-refractivity contribution in [1.29, 1.82) is 0 Å². The Labute approximate surface area is 82.1 Å². The minimum Gasteiger partial charge on any atom is -0.506 e. The number of aryl methyl sites for hydroxylation is 1. The van der Waals surface area contributed by atoms with Gasteiger partial charge in [-0.3, -0.25) is 0 Å². The van der Waals surface area contributed by atoms with Crippen LogP contribution >= 0.6 is 11.6 Å². The van der Waals surface area contributed by atoms with Gasteiger partial charge in [0.25, 0.3) is 0 Å². The van der Waals surface area contributed by atoms with E-state index in [1.54, 1.807) is 13.1 Å². The van der Waals surface area contributed by atoms with Crippen LogP contribution in [0.15, 0.2) is 12.1 Å². The van der Waals surface area contributed by atoms with Crippen molar-refractivity contribution >= 4 is 11.6 Å². The number of halogens is 1. The van der Waals surface area contributed by atoms with Gasteiger partial charge in [-0.05, 0) is 24.1 Å². The molecular weight excluding hydrogens is 190 g/mol. The molecule has 13 heavy (non-hydrogen) atoms. The molecule has 1 rings (SSSR count). The molecule has 0 aliphatic heterocycles. The fourth-order valence-electron chi connectivity index (χ4n) is 1.18. The van der Waals surface area contributed by atoms with E-state index in [0.717, 1.165) is 16.2 Å². The van der Waals surface area contributed by atoms with E-state index in [1.807, 2.05) is 13.0 Å². The summed E-state index contributed by atoms with van der Waals surface area (Å²) in [6.45, 7) is 2.18. The first kappa shape index (κ1) is 10.3. The fourth-order valence-corrected chi connectivity index (χ4v) is 1.29. The van der Waals surface area contributed by atoms with E-state index < -0.39 is 0 Å². The molecule has 0 aliphatic carbocycles. The molecule has 0 aliphatic rings. The lowest BCUT2D eigenvalue weighted by atomic mass is 10.1. The predicted octanol–water partition coefficient (Wildman–Crippen LogP) is 2.18. The van der Waals surface area contributed by atoms with Gasteiger partial charge in [0.1, 0.15) is 5.75 Å². The highest BCUT2D eigenvalue weighted by molar-refractivity contribution is 6.32. The summed E-state index contributed by atoms with van der Waals surface area (Å²) in [4.78, 5) is 0. The number of hydrogen-bond donors (Lipinski definition) is 2. The van der Waals surface area contributed by atoms with Crippen molar-refractivity contribution in [2.45, 2.75) is 13.5 Å².